The Hall–Kier alpha value is -3.14. The van der Waals surface area contributed by atoms with Gasteiger partial charge in [0.15, 0.2) is 11.5 Å². The third kappa shape index (κ3) is 3.09. The summed E-state index contributed by atoms with van der Waals surface area (Å²) in [5.41, 5.74) is 0.348. The van der Waals surface area contributed by atoms with Crippen LogP contribution in [0.1, 0.15) is 63.9 Å². The van der Waals surface area contributed by atoms with Gasteiger partial charge in [0.1, 0.15) is 17.7 Å². The average molecular weight is 521 g/mol. The van der Waals surface area contributed by atoms with Crippen LogP contribution < -0.4 is 10.1 Å². The molecule has 6 atom stereocenters. The van der Waals surface area contributed by atoms with Crippen LogP contribution in [0.5, 0.6) is 11.5 Å². The number of hydrogen-bond donors (Lipinski definition) is 3. The molecule has 9 heteroatoms. The fourth-order valence-corrected chi connectivity index (χ4v) is 8.03. The molecule has 1 saturated heterocycles. The van der Waals surface area contributed by atoms with Crippen molar-refractivity contribution in [1.29, 1.82) is 0 Å². The SMILES string of the molecule is COC(=O)c1ccc(C(=O)N[C@@H]2CC[C@@]3(O)[C@H]4Cc5ccc(O)c6c5[C@@]3(CC[N+]4([O-])CC3CC3)[C@H]2O6)cc1. The van der Waals surface area contributed by atoms with Gasteiger partial charge in [-0.05, 0) is 61.6 Å². The first-order chi connectivity index (χ1) is 18.2. The van der Waals surface area contributed by atoms with Crippen molar-refractivity contribution in [1.82, 2.24) is 5.32 Å². The van der Waals surface area contributed by atoms with E-state index in [-0.39, 0.29) is 16.3 Å². The van der Waals surface area contributed by atoms with Gasteiger partial charge in [0.25, 0.3) is 5.91 Å². The first kappa shape index (κ1) is 23.9. The molecule has 2 aromatic rings. The first-order valence-electron chi connectivity index (χ1n) is 13.5. The highest BCUT2D eigenvalue weighted by Crippen LogP contribution is 2.66. The molecule has 0 radical (unpaired) electrons. The molecule has 7 rings (SSSR count). The third-order valence-corrected chi connectivity index (χ3v) is 9.94. The summed E-state index contributed by atoms with van der Waals surface area (Å²) < 4.78 is 10.8. The van der Waals surface area contributed by atoms with Gasteiger partial charge in [-0.2, -0.15) is 0 Å². The van der Waals surface area contributed by atoms with Gasteiger partial charge in [-0.25, -0.2) is 4.79 Å². The average Bonchev–Trinajstić information content (AvgIpc) is 3.64. The van der Waals surface area contributed by atoms with Crippen LogP contribution in [0, 0.1) is 11.1 Å². The lowest BCUT2D eigenvalue weighted by Gasteiger charge is -2.68. The zero-order valence-corrected chi connectivity index (χ0v) is 21.3. The van der Waals surface area contributed by atoms with Crippen LogP contribution in [0.2, 0.25) is 0 Å². The number of methoxy groups -OCH3 is 1. The molecule has 2 aromatic carbocycles. The normalized spacial score (nSPS) is 36.1. The van der Waals surface area contributed by atoms with Gasteiger partial charge >= 0.3 is 5.97 Å². The number of carbonyl (C=O) groups excluding carboxylic acids is 2. The van der Waals surface area contributed by atoms with Gasteiger partial charge in [0.2, 0.25) is 0 Å². The minimum Gasteiger partial charge on any atom is -0.632 e. The molecule has 2 heterocycles. The van der Waals surface area contributed by atoms with Crippen LogP contribution in [0.3, 0.4) is 0 Å². The Balaban J connectivity index is 1.25. The van der Waals surface area contributed by atoms with Crippen molar-refractivity contribution in [2.75, 3.05) is 20.2 Å². The Bertz CT molecular complexity index is 1340. The molecule has 0 aromatic heterocycles. The first-order valence-corrected chi connectivity index (χ1v) is 13.5. The quantitative estimate of drug-likeness (QED) is 0.314. The van der Waals surface area contributed by atoms with E-state index in [1.54, 1.807) is 30.3 Å². The predicted molar refractivity (Wildman–Crippen MR) is 136 cm³/mol. The molecule has 2 aliphatic heterocycles. The number of nitrogens with zero attached hydrogens (tertiary/aromatic N) is 1. The fourth-order valence-electron chi connectivity index (χ4n) is 8.03. The maximum atomic E-state index is 14.3. The van der Waals surface area contributed by atoms with E-state index in [0.29, 0.717) is 61.6 Å². The van der Waals surface area contributed by atoms with Crippen LogP contribution in [0.15, 0.2) is 36.4 Å². The van der Waals surface area contributed by atoms with Crippen molar-refractivity contribution < 1.29 is 33.9 Å². The molecule has 38 heavy (non-hydrogen) atoms. The van der Waals surface area contributed by atoms with E-state index in [1.165, 1.54) is 7.11 Å². The summed E-state index contributed by atoms with van der Waals surface area (Å²) in [5.74, 6) is 0.0279. The number of hydroxylamine groups is 3. The number of benzene rings is 2. The minimum absolute atomic E-state index is 0.0169. The fraction of sp³-hybridized carbons (Fsp3) is 0.517. The number of rotatable bonds is 5. The number of aromatic hydroxyl groups is 1. The molecule has 2 bridgehead atoms. The maximum absolute atomic E-state index is 14.3. The topological polar surface area (TPSA) is 128 Å². The van der Waals surface area contributed by atoms with E-state index in [1.807, 2.05) is 6.07 Å². The Morgan fingerprint density at radius 1 is 1.13 bits per heavy atom. The molecule has 5 aliphatic rings. The number of piperidine rings is 1. The van der Waals surface area contributed by atoms with E-state index >= 15 is 0 Å². The summed E-state index contributed by atoms with van der Waals surface area (Å²) in [6, 6.07) is 8.78. The Morgan fingerprint density at radius 2 is 1.87 bits per heavy atom. The second kappa shape index (κ2) is 7.94. The molecule has 1 spiro atoms. The lowest BCUT2D eigenvalue weighted by molar-refractivity contribution is -0.924. The lowest BCUT2D eigenvalue weighted by Crippen LogP contribution is -2.81. The van der Waals surface area contributed by atoms with Crippen molar-refractivity contribution in [2.45, 2.75) is 67.7 Å². The molecule has 1 amide bonds. The van der Waals surface area contributed by atoms with Crippen LogP contribution in [-0.4, -0.2) is 70.7 Å². The van der Waals surface area contributed by atoms with Gasteiger partial charge in [-0.3, -0.25) is 4.79 Å². The van der Waals surface area contributed by atoms with Crippen molar-refractivity contribution in [3.63, 3.8) is 0 Å². The molecular weight excluding hydrogens is 488 g/mol. The summed E-state index contributed by atoms with van der Waals surface area (Å²) in [7, 11) is 1.30. The second-order valence-electron chi connectivity index (χ2n) is 11.8. The maximum Gasteiger partial charge on any atom is 0.337 e. The molecule has 2 saturated carbocycles. The van der Waals surface area contributed by atoms with Gasteiger partial charge in [-0.15, -0.1) is 0 Å². The zero-order chi connectivity index (χ0) is 26.4. The number of esters is 1. The number of phenolic OH excluding ortho intramolecular Hbond substituents is 1. The highest BCUT2D eigenvalue weighted by atomic mass is 16.6. The van der Waals surface area contributed by atoms with Crippen molar-refractivity contribution in [3.05, 3.63) is 63.9 Å². The van der Waals surface area contributed by atoms with Crippen LogP contribution in [0.25, 0.3) is 0 Å². The largest absolute Gasteiger partial charge is 0.632 e. The molecule has 3 aliphatic carbocycles. The lowest BCUT2D eigenvalue weighted by atomic mass is 9.48. The van der Waals surface area contributed by atoms with Crippen molar-refractivity contribution >= 4 is 11.9 Å². The van der Waals surface area contributed by atoms with Gasteiger partial charge in [0.05, 0.1) is 37.2 Å². The van der Waals surface area contributed by atoms with Gasteiger partial charge < -0.3 is 34.9 Å². The highest BCUT2D eigenvalue weighted by molar-refractivity contribution is 5.96. The van der Waals surface area contributed by atoms with Crippen LogP contribution in [-0.2, 0) is 16.6 Å². The molecule has 200 valence electrons. The summed E-state index contributed by atoms with van der Waals surface area (Å²) >= 11 is 0. The van der Waals surface area contributed by atoms with E-state index in [9.17, 15) is 25.0 Å². The Morgan fingerprint density at radius 3 is 2.58 bits per heavy atom. The number of carbonyl (C=O) groups is 2. The summed E-state index contributed by atoms with van der Waals surface area (Å²) in [4.78, 5) is 25.1. The molecular formula is C29H32N2O7. The van der Waals surface area contributed by atoms with Crippen LogP contribution >= 0.6 is 0 Å². The number of nitrogens with one attached hydrogen (secondary N) is 1. The standard InChI is InChI=1S/C29H32N2O7/c1-37-27(34)18-6-4-17(5-7-18)26(33)30-20-10-11-29(35)22-14-19-8-9-21(32)24-23(19)28(29,25(20)38-24)12-13-31(22,36)15-16-2-3-16/h4-9,16,20,22,25,32,35H,2-3,10-15H2,1H3,(H,30,33)/t20-,22-,25+,28+,29-,31?/m1/s1. The van der Waals surface area contributed by atoms with Crippen molar-refractivity contribution in [2.24, 2.45) is 5.92 Å². The predicted octanol–water partition coefficient (Wildman–Crippen LogP) is 2.55. The Labute approximate surface area is 220 Å². The number of phenols is 1. The molecule has 1 unspecified atom stereocenters. The third-order valence-electron chi connectivity index (χ3n) is 9.94. The van der Waals surface area contributed by atoms with E-state index in [0.717, 1.165) is 24.0 Å². The zero-order valence-electron chi connectivity index (χ0n) is 21.3. The monoisotopic (exact) mass is 520 g/mol. The number of ether oxygens (including phenoxy) is 2. The summed E-state index contributed by atoms with van der Waals surface area (Å²) in [6.45, 7) is 0.921. The van der Waals surface area contributed by atoms with Gasteiger partial charge in [-0.1, -0.05) is 6.07 Å². The second-order valence-corrected chi connectivity index (χ2v) is 11.8. The van der Waals surface area contributed by atoms with E-state index in [4.69, 9.17) is 9.47 Å². The van der Waals surface area contributed by atoms with Crippen molar-refractivity contribution in [3.8, 4) is 11.5 Å². The smallest absolute Gasteiger partial charge is 0.337 e. The number of amides is 1. The summed E-state index contributed by atoms with van der Waals surface area (Å²) in [5, 5.41) is 40.7. The number of quaternary nitrogens is 1. The number of likely N-dealkylation sites (tertiary alicyclic amines) is 1. The van der Waals surface area contributed by atoms with E-state index < -0.39 is 35.2 Å². The molecule has 9 nitrogen and oxygen atoms in total. The number of aliphatic hydroxyl groups is 1. The molecule has 3 N–H and O–H groups in total. The minimum atomic E-state index is -1.29. The highest BCUT2D eigenvalue weighted by Gasteiger charge is 2.76. The summed E-state index contributed by atoms with van der Waals surface area (Å²) in [6.07, 6.45) is 3.24. The van der Waals surface area contributed by atoms with E-state index in [2.05, 4.69) is 5.32 Å². The number of hydrogen-bond acceptors (Lipinski definition) is 7. The Kier molecular flexibility index (Phi) is 5.00. The van der Waals surface area contributed by atoms with Crippen LogP contribution in [0.4, 0.5) is 0 Å². The van der Waals surface area contributed by atoms with Gasteiger partial charge in [0, 0.05) is 29.9 Å². The molecule has 3 fully saturated rings.